The van der Waals surface area contributed by atoms with E-state index in [-0.39, 0.29) is 17.5 Å². The average Bonchev–Trinajstić information content (AvgIpc) is 3.12. The minimum absolute atomic E-state index is 0.0738. The van der Waals surface area contributed by atoms with E-state index in [0.29, 0.717) is 17.4 Å². The van der Waals surface area contributed by atoms with Crippen molar-refractivity contribution in [3.8, 4) is 0 Å². The molecule has 3 heterocycles. The fourth-order valence-corrected chi connectivity index (χ4v) is 3.69. The first-order chi connectivity index (χ1) is 11.9. The van der Waals surface area contributed by atoms with Gasteiger partial charge >= 0.3 is 6.18 Å². The number of piperidine rings is 1. The number of nitrogens with one attached hydrogen (secondary N) is 1. The molecule has 1 amide bonds. The van der Waals surface area contributed by atoms with Crippen LogP contribution in [0.25, 0.3) is 0 Å². The van der Waals surface area contributed by atoms with Crippen LogP contribution in [-0.4, -0.2) is 41.2 Å². The van der Waals surface area contributed by atoms with Crippen molar-refractivity contribution < 1.29 is 18.0 Å². The molecule has 0 aliphatic carbocycles. The van der Waals surface area contributed by atoms with Gasteiger partial charge in [0.1, 0.15) is 0 Å². The van der Waals surface area contributed by atoms with Gasteiger partial charge in [-0.05, 0) is 25.0 Å². The molecule has 1 saturated heterocycles. The number of alkyl halides is 3. The molecule has 1 atom stereocenters. The molecule has 1 unspecified atom stereocenters. The van der Waals surface area contributed by atoms with E-state index in [1.807, 2.05) is 4.90 Å². The molecule has 25 heavy (non-hydrogen) atoms. The summed E-state index contributed by atoms with van der Waals surface area (Å²) in [7, 11) is 1.51. The van der Waals surface area contributed by atoms with Crippen molar-refractivity contribution in [3.05, 3.63) is 33.9 Å². The molecule has 0 bridgehead atoms. The van der Waals surface area contributed by atoms with E-state index < -0.39 is 11.9 Å². The van der Waals surface area contributed by atoms with Gasteiger partial charge in [0.15, 0.2) is 17.2 Å². The van der Waals surface area contributed by atoms with Crippen molar-refractivity contribution in [1.29, 1.82) is 0 Å². The highest BCUT2D eigenvalue weighted by Gasteiger charge is 2.35. The van der Waals surface area contributed by atoms with Crippen LogP contribution in [-0.2, 0) is 6.18 Å². The number of thiazole rings is 1. The average molecular weight is 371 g/mol. The van der Waals surface area contributed by atoms with Crippen LogP contribution in [0.4, 0.5) is 19.0 Å². The number of aromatic nitrogens is 3. The van der Waals surface area contributed by atoms with E-state index >= 15 is 0 Å². The highest BCUT2D eigenvalue weighted by atomic mass is 32.1. The molecule has 1 aliphatic rings. The van der Waals surface area contributed by atoms with Crippen LogP contribution in [0.2, 0.25) is 0 Å². The van der Waals surface area contributed by atoms with E-state index in [1.165, 1.54) is 7.05 Å². The predicted octanol–water partition coefficient (Wildman–Crippen LogP) is 2.70. The number of hydrogen-bond donors (Lipinski definition) is 1. The maximum Gasteiger partial charge on any atom is 0.434 e. The van der Waals surface area contributed by atoms with Crippen molar-refractivity contribution in [1.82, 2.24) is 20.5 Å². The summed E-state index contributed by atoms with van der Waals surface area (Å²) >= 11 is 1.04. The van der Waals surface area contributed by atoms with Gasteiger partial charge in [0, 0.05) is 31.4 Å². The van der Waals surface area contributed by atoms with Crippen LogP contribution in [0.3, 0.4) is 0 Å². The Morgan fingerprint density at radius 1 is 1.36 bits per heavy atom. The molecule has 0 spiro atoms. The maximum absolute atomic E-state index is 12.7. The van der Waals surface area contributed by atoms with Crippen LogP contribution in [0.15, 0.2) is 17.5 Å². The van der Waals surface area contributed by atoms with Crippen LogP contribution < -0.4 is 10.2 Å². The van der Waals surface area contributed by atoms with Crippen molar-refractivity contribution in [3.63, 3.8) is 0 Å². The van der Waals surface area contributed by atoms with Gasteiger partial charge in [0.05, 0.1) is 5.01 Å². The Bertz CT molecular complexity index is 746. The third-order valence-corrected chi connectivity index (χ3v) is 5.02. The lowest BCUT2D eigenvalue weighted by molar-refractivity contribution is -0.140. The zero-order valence-corrected chi connectivity index (χ0v) is 14.2. The topological polar surface area (TPSA) is 71.0 Å². The lowest BCUT2D eigenvalue weighted by atomic mass is 9.99. The maximum atomic E-state index is 12.7. The molecule has 0 aromatic carbocycles. The number of rotatable bonds is 3. The molecular weight excluding hydrogens is 355 g/mol. The van der Waals surface area contributed by atoms with Gasteiger partial charge < -0.3 is 10.2 Å². The normalized spacial score (nSPS) is 18.2. The Morgan fingerprint density at radius 2 is 2.16 bits per heavy atom. The summed E-state index contributed by atoms with van der Waals surface area (Å²) in [6, 6.07) is 3.28. The van der Waals surface area contributed by atoms with Crippen molar-refractivity contribution in [2.45, 2.75) is 24.9 Å². The molecule has 1 aliphatic heterocycles. The summed E-state index contributed by atoms with van der Waals surface area (Å²) in [5, 5.41) is 12.0. The summed E-state index contributed by atoms with van der Waals surface area (Å²) in [5.41, 5.74) is -0.617. The summed E-state index contributed by atoms with van der Waals surface area (Å²) < 4.78 is 38.2. The largest absolute Gasteiger partial charge is 0.434 e. The number of hydrogen-bond acceptors (Lipinski definition) is 6. The van der Waals surface area contributed by atoms with Gasteiger partial charge in [0.2, 0.25) is 0 Å². The lowest BCUT2D eigenvalue weighted by Gasteiger charge is -2.32. The third kappa shape index (κ3) is 3.89. The number of nitrogens with zero attached hydrogens (tertiary/aromatic N) is 4. The summed E-state index contributed by atoms with van der Waals surface area (Å²) in [6.45, 7) is 1.26. The second kappa shape index (κ2) is 6.95. The first kappa shape index (κ1) is 17.6. The zero-order chi connectivity index (χ0) is 18.0. The number of halogens is 3. The molecule has 2 aromatic rings. The Hall–Kier alpha value is -2.23. The van der Waals surface area contributed by atoms with E-state index in [4.69, 9.17) is 0 Å². The summed E-state index contributed by atoms with van der Waals surface area (Å²) in [4.78, 5) is 17.2. The number of amides is 1. The van der Waals surface area contributed by atoms with Crippen molar-refractivity contribution >= 4 is 23.1 Å². The van der Waals surface area contributed by atoms with E-state index in [2.05, 4.69) is 20.5 Å². The molecule has 0 radical (unpaired) electrons. The second-order valence-corrected chi connectivity index (χ2v) is 6.60. The highest BCUT2D eigenvalue weighted by molar-refractivity contribution is 7.09. The third-order valence-electron chi connectivity index (χ3n) is 4.02. The molecule has 1 N–H and O–H groups in total. The standard InChI is InChI=1S/C15H16F3N5OS/c1-19-13(24)10-4-5-12(22-21-10)23-6-2-3-9(7-23)14-20-11(8-25-14)15(16,17)18/h4-5,8-9H,2-3,6-7H2,1H3,(H,19,24). The van der Waals surface area contributed by atoms with Gasteiger partial charge in [-0.15, -0.1) is 21.5 Å². The molecule has 6 nitrogen and oxygen atoms in total. The number of anilines is 1. The van der Waals surface area contributed by atoms with Gasteiger partial charge in [-0.2, -0.15) is 13.2 Å². The van der Waals surface area contributed by atoms with Gasteiger partial charge in [-0.25, -0.2) is 4.98 Å². The van der Waals surface area contributed by atoms with Gasteiger partial charge in [-0.3, -0.25) is 4.79 Å². The highest BCUT2D eigenvalue weighted by Crippen LogP contribution is 2.35. The number of carbonyl (C=O) groups is 1. The zero-order valence-electron chi connectivity index (χ0n) is 13.4. The van der Waals surface area contributed by atoms with E-state index in [9.17, 15) is 18.0 Å². The molecule has 3 rings (SSSR count). The minimum atomic E-state index is -4.41. The monoisotopic (exact) mass is 371 g/mol. The minimum Gasteiger partial charge on any atom is -0.354 e. The fourth-order valence-electron chi connectivity index (χ4n) is 2.74. The Morgan fingerprint density at radius 3 is 2.76 bits per heavy atom. The summed E-state index contributed by atoms with van der Waals surface area (Å²) in [6.07, 6.45) is -2.81. The van der Waals surface area contributed by atoms with Crippen LogP contribution in [0.5, 0.6) is 0 Å². The molecule has 134 valence electrons. The SMILES string of the molecule is CNC(=O)c1ccc(N2CCCC(c3nc(C(F)(F)F)cs3)C2)nn1. The smallest absolute Gasteiger partial charge is 0.354 e. The predicted molar refractivity (Wildman–Crippen MR) is 86.7 cm³/mol. The first-order valence-corrected chi connectivity index (χ1v) is 8.60. The Labute approximate surface area is 146 Å². The van der Waals surface area contributed by atoms with Crippen LogP contribution >= 0.6 is 11.3 Å². The summed E-state index contributed by atoms with van der Waals surface area (Å²) in [5.74, 6) is 0.207. The molecule has 1 fully saturated rings. The molecular formula is C15H16F3N5OS. The quantitative estimate of drug-likeness (QED) is 0.898. The van der Waals surface area contributed by atoms with Crippen molar-refractivity contribution in [2.75, 3.05) is 25.0 Å². The van der Waals surface area contributed by atoms with Crippen LogP contribution in [0.1, 0.15) is 39.9 Å². The van der Waals surface area contributed by atoms with Gasteiger partial charge in [-0.1, -0.05) is 0 Å². The molecule has 0 saturated carbocycles. The Kier molecular flexibility index (Phi) is 4.89. The van der Waals surface area contributed by atoms with E-state index in [0.717, 1.165) is 36.1 Å². The van der Waals surface area contributed by atoms with Crippen molar-refractivity contribution in [2.24, 2.45) is 0 Å². The molecule has 10 heteroatoms. The second-order valence-electron chi connectivity index (χ2n) is 5.71. The Balaban J connectivity index is 1.73. The van der Waals surface area contributed by atoms with Gasteiger partial charge in [0.25, 0.3) is 5.91 Å². The lowest BCUT2D eigenvalue weighted by Crippen LogP contribution is -2.35. The first-order valence-electron chi connectivity index (χ1n) is 7.72. The van der Waals surface area contributed by atoms with E-state index in [1.54, 1.807) is 12.1 Å². The number of carbonyl (C=O) groups excluding carboxylic acids is 1. The fraction of sp³-hybridized carbons (Fsp3) is 0.467. The van der Waals surface area contributed by atoms with Crippen LogP contribution in [0, 0.1) is 0 Å². The molecule has 2 aromatic heterocycles.